The Kier molecular flexibility index (Phi) is 2.93. The summed E-state index contributed by atoms with van der Waals surface area (Å²) in [6.07, 6.45) is -2.16. The third kappa shape index (κ3) is 2.21. The highest BCUT2D eigenvalue weighted by Crippen LogP contribution is 2.32. The highest BCUT2D eigenvalue weighted by molar-refractivity contribution is 5.37. The zero-order valence-electron chi connectivity index (χ0n) is 8.93. The summed E-state index contributed by atoms with van der Waals surface area (Å²) >= 11 is 0. The molecule has 1 nitrogen and oxygen atoms in total. The number of alkyl halides is 3. The van der Waals surface area contributed by atoms with Crippen molar-refractivity contribution >= 4 is 0 Å². The lowest BCUT2D eigenvalue weighted by Gasteiger charge is -2.14. The molecule has 0 amide bonds. The van der Waals surface area contributed by atoms with Gasteiger partial charge in [-0.25, -0.2) is 0 Å². The van der Waals surface area contributed by atoms with Crippen molar-refractivity contribution in [3.63, 3.8) is 0 Å². The Morgan fingerprint density at radius 3 is 2.56 bits per heavy atom. The normalized spacial score (nSPS) is 21.4. The summed E-state index contributed by atoms with van der Waals surface area (Å²) in [5.74, 6) is 0.238. The van der Waals surface area contributed by atoms with Gasteiger partial charge in [0, 0.05) is 12.5 Å². The third-order valence-electron chi connectivity index (χ3n) is 2.91. The smallest absolute Gasteiger partial charge is 0.316 e. The minimum absolute atomic E-state index is 0.238. The molecule has 1 unspecified atom stereocenters. The predicted molar refractivity (Wildman–Crippen MR) is 56.1 cm³/mol. The number of aryl methyl sites for hydroxylation is 1. The second kappa shape index (κ2) is 4.09. The van der Waals surface area contributed by atoms with E-state index in [9.17, 15) is 13.2 Å². The first-order chi connectivity index (χ1) is 7.48. The fraction of sp³-hybridized carbons (Fsp3) is 0.417. The van der Waals surface area contributed by atoms with E-state index >= 15 is 0 Å². The fourth-order valence-electron chi connectivity index (χ4n) is 2.05. The van der Waals surface area contributed by atoms with E-state index in [1.54, 1.807) is 13.0 Å². The number of halogens is 3. The first-order valence-corrected chi connectivity index (χ1v) is 5.20. The van der Waals surface area contributed by atoms with Crippen LogP contribution in [0.15, 0.2) is 18.2 Å². The molecule has 1 heterocycles. The van der Waals surface area contributed by atoms with Crippen LogP contribution >= 0.6 is 0 Å². The monoisotopic (exact) mass is 228 g/mol. The average Bonchev–Trinajstić information content (AvgIpc) is 2.69. The molecule has 87 valence electrons. The Balaban J connectivity index is 2.29. The molecule has 1 aliphatic heterocycles. The highest BCUT2D eigenvalue weighted by atomic mass is 19.4. The topological polar surface area (TPSA) is 12.0 Å². The molecule has 1 fully saturated rings. The molecule has 0 saturated carbocycles. The molecule has 0 bridgehead atoms. The number of hydrogen-bond acceptors (Lipinski definition) is 1. The Bertz CT molecular complexity index is 378. The molecule has 1 atom stereocenters. The van der Waals surface area contributed by atoms with Crippen molar-refractivity contribution in [3.8, 4) is 0 Å². The van der Waals surface area contributed by atoms with Gasteiger partial charge in [0.25, 0.3) is 0 Å². The molecule has 1 saturated heterocycles. The van der Waals surface area contributed by atoms with E-state index in [1.165, 1.54) is 6.07 Å². The molecule has 16 heavy (non-hydrogen) atoms. The van der Waals surface area contributed by atoms with E-state index in [2.05, 4.69) is 11.7 Å². The molecule has 1 aromatic carbocycles. The summed E-state index contributed by atoms with van der Waals surface area (Å²) in [5, 5.41) is 3.17. The van der Waals surface area contributed by atoms with E-state index in [0.29, 0.717) is 5.56 Å². The van der Waals surface area contributed by atoms with Gasteiger partial charge < -0.3 is 5.32 Å². The van der Waals surface area contributed by atoms with Crippen LogP contribution in [0.5, 0.6) is 0 Å². The fourth-order valence-corrected chi connectivity index (χ4v) is 2.05. The van der Waals surface area contributed by atoms with E-state index in [0.717, 1.165) is 24.7 Å². The van der Waals surface area contributed by atoms with Crippen LogP contribution in [0.25, 0.3) is 0 Å². The third-order valence-corrected chi connectivity index (χ3v) is 2.91. The van der Waals surface area contributed by atoms with E-state index in [4.69, 9.17) is 0 Å². The van der Waals surface area contributed by atoms with Gasteiger partial charge in [0.2, 0.25) is 0 Å². The van der Waals surface area contributed by atoms with Crippen molar-refractivity contribution in [2.24, 2.45) is 0 Å². The highest BCUT2D eigenvalue weighted by Gasteiger charge is 2.31. The van der Waals surface area contributed by atoms with E-state index in [-0.39, 0.29) is 5.92 Å². The second-order valence-electron chi connectivity index (χ2n) is 4.07. The maximum Gasteiger partial charge on any atom is 0.416 e. The van der Waals surface area contributed by atoms with Crippen molar-refractivity contribution in [1.29, 1.82) is 0 Å². The molecule has 1 aliphatic rings. The van der Waals surface area contributed by atoms with Gasteiger partial charge in [-0.1, -0.05) is 6.07 Å². The van der Waals surface area contributed by atoms with Gasteiger partial charge in [-0.05, 0) is 43.1 Å². The van der Waals surface area contributed by atoms with Gasteiger partial charge in [-0.15, -0.1) is 0 Å². The molecular formula is C12H13F3N. The summed E-state index contributed by atoms with van der Waals surface area (Å²) in [5.41, 5.74) is 1.12. The van der Waals surface area contributed by atoms with E-state index in [1.807, 2.05) is 0 Å². The number of hydrogen-bond donors (Lipinski definition) is 1. The summed E-state index contributed by atoms with van der Waals surface area (Å²) in [4.78, 5) is 0. The molecule has 4 heteroatoms. The van der Waals surface area contributed by atoms with Crippen LogP contribution in [0.4, 0.5) is 13.2 Å². The maximum absolute atomic E-state index is 12.5. The van der Waals surface area contributed by atoms with Crippen LogP contribution in [0.3, 0.4) is 0 Å². The number of benzene rings is 1. The summed E-state index contributed by atoms with van der Waals surface area (Å²) < 4.78 is 37.4. The number of rotatable bonds is 1. The molecule has 2 rings (SSSR count). The summed E-state index contributed by atoms with van der Waals surface area (Å²) in [6, 6.07) is 3.97. The largest absolute Gasteiger partial charge is 0.416 e. The Morgan fingerprint density at radius 1 is 1.31 bits per heavy atom. The minimum Gasteiger partial charge on any atom is -0.316 e. The predicted octanol–water partition coefficient (Wildman–Crippen LogP) is 2.90. The average molecular weight is 228 g/mol. The Hall–Kier alpha value is -1.03. The summed E-state index contributed by atoms with van der Waals surface area (Å²) in [7, 11) is 0. The lowest BCUT2D eigenvalue weighted by atomic mass is 9.93. The van der Waals surface area contributed by atoms with Crippen LogP contribution in [0, 0.1) is 13.3 Å². The first-order valence-electron chi connectivity index (χ1n) is 5.20. The van der Waals surface area contributed by atoms with Crippen molar-refractivity contribution in [2.45, 2.75) is 19.0 Å². The minimum atomic E-state index is -4.25. The zero-order chi connectivity index (χ0) is 11.8. The second-order valence-corrected chi connectivity index (χ2v) is 4.07. The van der Waals surface area contributed by atoms with Gasteiger partial charge in [0.1, 0.15) is 0 Å². The van der Waals surface area contributed by atoms with Crippen LogP contribution in [-0.4, -0.2) is 13.1 Å². The van der Waals surface area contributed by atoms with Crippen molar-refractivity contribution in [1.82, 2.24) is 5.32 Å². The quantitative estimate of drug-likeness (QED) is 0.779. The van der Waals surface area contributed by atoms with Gasteiger partial charge in [0.05, 0.1) is 5.56 Å². The molecule has 1 aromatic rings. The molecule has 0 aliphatic carbocycles. The van der Waals surface area contributed by atoms with Crippen molar-refractivity contribution < 1.29 is 13.2 Å². The lowest BCUT2D eigenvalue weighted by Crippen LogP contribution is -2.10. The van der Waals surface area contributed by atoms with Gasteiger partial charge >= 0.3 is 6.18 Å². The molecule has 1 N–H and O–H groups in total. The molecular weight excluding hydrogens is 215 g/mol. The van der Waals surface area contributed by atoms with E-state index < -0.39 is 11.7 Å². The summed E-state index contributed by atoms with van der Waals surface area (Å²) in [6.45, 7) is 3.37. The van der Waals surface area contributed by atoms with Crippen LogP contribution in [0.1, 0.15) is 22.6 Å². The first kappa shape index (κ1) is 11.5. The van der Waals surface area contributed by atoms with Gasteiger partial charge in [0.15, 0.2) is 0 Å². The van der Waals surface area contributed by atoms with Crippen molar-refractivity contribution in [3.05, 3.63) is 41.3 Å². The van der Waals surface area contributed by atoms with Crippen LogP contribution < -0.4 is 5.32 Å². The lowest BCUT2D eigenvalue weighted by molar-refractivity contribution is -0.137. The Morgan fingerprint density at radius 2 is 2.06 bits per heavy atom. The van der Waals surface area contributed by atoms with Crippen LogP contribution in [-0.2, 0) is 6.18 Å². The molecule has 0 spiro atoms. The van der Waals surface area contributed by atoms with Gasteiger partial charge in [-0.3, -0.25) is 0 Å². The van der Waals surface area contributed by atoms with Crippen molar-refractivity contribution in [2.75, 3.05) is 13.1 Å². The zero-order valence-corrected chi connectivity index (χ0v) is 8.93. The number of nitrogens with one attached hydrogen (secondary N) is 1. The Labute approximate surface area is 92.7 Å². The molecule has 1 radical (unpaired) electrons. The maximum atomic E-state index is 12.5. The van der Waals surface area contributed by atoms with Gasteiger partial charge in [-0.2, -0.15) is 13.2 Å². The van der Waals surface area contributed by atoms with Crippen LogP contribution in [0.2, 0.25) is 0 Å². The SMILES string of the molecule is Cc1cc(C(F)(F)F)ccc1C1[CH]CNC1. The standard InChI is InChI=1S/C12H13F3N/c1-8-6-10(12(13,14)15)2-3-11(8)9-4-5-16-7-9/h2-4,6,9,16H,5,7H2,1H3. The molecule has 0 aromatic heterocycles.